The third kappa shape index (κ3) is 4.28. The van der Waals surface area contributed by atoms with Gasteiger partial charge in [0.25, 0.3) is 11.8 Å². The van der Waals surface area contributed by atoms with Crippen molar-refractivity contribution in [1.82, 2.24) is 5.32 Å². The summed E-state index contributed by atoms with van der Waals surface area (Å²) in [5.41, 5.74) is 1.02. The van der Waals surface area contributed by atoms with Crippen LogP contribution in [0.5, 0.6) is 5.75 Å². The zero-order chi connectivity index (χ0) is 15.1. The molecule has 0 saturated carbocycles. The lowest BCUT2D eigenvalue weighted by Gasteiger charge is -2.01. The van der Waals surface area contributed by atoms with Crippen LogP contribution in [0.3, 0.4) is 0 Å². The van der Waals surface area contributed by atoms with Gasteiger partial charge in [-0.05, 0) is 36.4 Å². The molecule has 0 spiro atoms. The summed E-state index contributed by atoms with van der Waals surface area (Å²) in [5.74, 6) is -0.320. The molecule has 0 bridgehead atoms. The third-order valence-corrected chi connectivity index (χ3v) is 2.68. The van der Waals surface area contributed by atoms with Crippen molar-refractivity contribution in [2.45, 2.75) is 0 Å². The predicted molar refractivity (Wildman–Crippen MR) is 80.1 cm³/mol. The molecule has 2 amide bonds. The molecule has 2 aromatic carbocycles. The molecule has 5 heteroatoms. The normalized spacial score (nSPS) is 10.3. The van der Waals surface area contributed by atoms with Crippen molar-refractivity contribution in [3.63, 3.8) is 0 Å². The van der Waals surface area contributed by atoms with Gasteiger partial charge >= 0.3 is 0 Å². The van der Waals surface area contributed by atoms with Crippen molar-refractivity contribution in [1.29, 1.82) is 0 Å². The molecular formula is C16H14N2O3. The molecular weight excluding hydrogens is 268 g/mol. The molecule has 0 unspecified atom stereocenters. The van der Waals surface area contributed by atoms with Crippen molar-refractivity contribution in [2.75, 3.05) is 7.11 Å². The molecule has 0 aromatic heterocycles. The van der Waals surface area contributed by atoms with E-state index in [0.29, 0.717) is 17.0 Å². The molecule has 0 fully saturated rings. The molecule has 5 nitrogen and oxygen atoms in total. The lowest BCUT2D eigenvalue weighted by atomic mass is 10.2. The number of methoxy groups -OCH3 is 1. The summed E-state index contributed by atoms with van der Waals surface area (Å²) in [6.45, 7) is 0. The summed E-state index contributed by atoms with van der Waals surface area (Å²) in [4.78, 5) is 27.3. The fourth-order valence-electron chi connectivity index (χ4n) is 1.61. The van der Waals surface area contributed by atoms with Gasteiger partial charge in [0, 0.05) is 5.56 Å². The van der Waals surface area contributed by atoms with Gasteiger partial charge in [-0.2, -0.15) is 0 Å². The van der Waals surface area contributed by atoms with Gasteiger partial charge in [0.1, 0.15) is 5.75 Å². The molecule has 106 valence electrons. The smallest absolute Gasteiger partial charge is 0.269 e. The lowest BCUT2D eigenvalue weighted by Crippen LogP contribution is -2.31. The highest BCUT2D eigenvalue weighted by Gasteiger charge is 2.07. The van der Waals surface area contributed by atoms with E-state index in [1.165, 1.54) is 0 Å². The van der Waals surface area contributed by atoms with Crippen molar-refractivity contribution in [3.05, 3.63) is 60.2 Å². The molecule has 0 heterocycles. The highest BCUT2D eigenvalue weighted by molar-refractivity contribution is 6.31. The Morgan fingerprint density at radius 2 is 1.71 bits per heavy atom. The van der Waals surface area contributed by atoms with Gasteiger partial charge in [0.2, 0.25) is 0 Å². The Bertz CT molecular complexity index is 649. The number of amides is 2. The number of nitrogens with one attached hydrogen (secondary N) is 1. The Hall–Kier alpha value is -2.95. The zero-order valence-electron chi connectivity index (χ0n) is 11.4. The Labute approximate surface area is 122 Å². The minimum Gasteiger partial charge on any atom is -0.497 e. The van der Waals surface area contributed by atoms with Crippen molar-refractivity contribution in [3.8, 4) is 5.75 Å². The summed E-state index contributed by atoms with van der Waals surface area (Å²) in [6, 6.07) is 15.4. The second-order valence-corrected chi connectivity index (χ2v) is 4.14. The average molecular weight is 282 g/mol. The van der Waals surface area contributed by atoms with E-state index in [4.69, 9.17) is 4.74 Å². The van der Waals surface area contributed by atoms with Crippen molar-refractivity contribution in [2.24, 2.45) is 4.99 Å². The van der Waals surface area contributed by atoms with E-state index in [0.717, 1.165) is 6.21 Å². The number of imide groups is 1. The van der Waals surface area contributed by atoms with E-state index in [2.05, 4.69) is 10.3 Å². The van der Waals surface area contributed by atoms with Gasteiger partial charge in [-0.1, -0.05) is 18.2 Å². The van der Waals surface area contributed by atoms with E-state index in [-0.39, 0.29) is 0 Å². The molecule has 1 N–H and O–H groups in total. The Balaban J connectivity index is 1.94. The number of carbonyl (C=O) groups is 2. The fourth-order valence-corrected chi connectivity index (χ4v) is 1.61. The number of ether oxygens (including phenoxy) is 1. The molecule has 0 aliphatic heterocycles. The lowest BCUT2D eigenvalue weighted by molar-refractivity contribution is -0.113. The summed E-state index contributed by atoms with van der Waals surface area (Å²) < 4.78 is 5.02. The first-order chi connectivity index (χ1) is 10.2. The summed E-state index contributed by atoms with van der Waals surface area (Å²) in [5, 5.41) is 2.24. The second kappa shape index (κ2) is 7.00. The molecule has 0 atom stereocenters. The minimum absolute atomic E-state index is 0.420. The Morgan fingerprint density at radius 3 is 2.33 bits per heavy atom. The quantitative estimate of drug-likeness (QED) is 0.875. The van der Waals surface area contributed by atoms with Crippen LogP contribution in [0, 0.1) is 0 Å². The van der Waals surface area contributed by atoms with E-state index in [1.54, 1.807) is 61.7 Å². The molecule has 2 aromatic rings. The van der Waals surface area contributed by atoms with Gasteiger partial charge in [0.15, 0.2) is 0 Å². The predicted octanol–water partition coefficient (Wildman–Crippen LogP) is 2.35. The van der Waals surface area contributed by atoms with Gasteiger partial charge in [-0.3, -0.25) is 19.9 Å². The average Bonchev–Trinajstić information content (AvgIpc) is 2.54. The van der Waals surface area contributed by atoms with Crippen LogP contribution in [0.25, 0.3) is 0 Å². The van der Waals surface area contributed by atoms with Gasteiger partial charge in [0.05, 0.1) is 19.0 Å². The maximum Gasteiger partial charge on any atom is 0.269 e. The summed E-state index contributed by atoms with van der Waals surface area (Å²) >= 11 is 0. The molecule has 0 radical (unpaired) electrons. The third-order valence-electron chi connectivity index (χ3n) is 2.68. The van der Waals surface area contributed by atoms with Gasteiger partial charge < -0.3 is 4.74 Å². The van der Waals surface area contributed by atoms with E-state index >= 15 is 0 Å². The molecule has 0 aliphatic carbocycles. The van der Waals surface area contributed by atoms with Crippen LogP contribution in [0.4, 0.5) is 5.69 Å². The standard InChI is InChI=1S/C16H14N2O3/c1-21-14-9-7-13(8-10-14)17-11-15(19)18-16(20)12-5-3-2-4-6-12/h2-11H,1H3,(H,18,19,20). The Morgan fingerprint density at radius 1 is 1.05 bits per heavy atom. The van der Waals surface area contributed by atoms with E-state index in [1.807, 2.05) is 0 Å². The highest BCUT2D eigenvalue weighted by Crippen LogP contribution is 2.16. The van der Waals surface area contributed by atoms with Crippen LogP contribution in [0.2, 0.25) is 0 Å². The van der Waals surface area contributed by atoms with Crippen molar-refractivity contribution < 1.29 is 14.3 Å². The Kier molecular flexibility index (Phi) is 4.82. The van der Waals surface area contributed by atoms with Crippen molar-refractivity contribution >= 4 is 23.7 Å². The van der Waals surface area contributed by atoms with E-state index in [9.17, 15) is 9.59 Å². The zero-order valence-corrected chi connectivity index (χ0v) is 11.4. The largest absolute Gasteiger partial charge is 0.497 e. The minimum atomic E-state index is -0.570. The van der Waals surface area contributed by atoms with Gasteiger partial charge in [-0.15, -0.1) is 0 Å². The van der Waals surface area contributed by atoms with Crippen LogP contribution in [-0.2, 0) is 4.79 Å². The van der Waals surface area contributed by atoms with E-state index < -0.39 is 11.8 Å². The first kappa shape index (κ1) is 14.5. The molecule has 0 saturated heterocycles. The van der Waals surface area contributed by atoms with Crippen LogP contribution in [0.15, 0.2) is 59.6 Å². The first-order valence-corrected chi connectivity index (χ1v) is 6.27. The first-order valence-electron chi connectivity index (χ1n) is 6.27. The molecule has 21 heavy (non-hydrogen) atoms. The van der Waals surface area contributed by atoms with Crippen LogP contribution in [0.1, 0.15) is 10.4 Å². The molecule has 2 rings (SSSR count). The van der Waals surface area contributed by atoms with Gasteiger partial charge in [-0.25, -0.2) is 0 Å². The topological polar surface area (TPSA) is 67.8 Å². The number of nitrogens with zero attached hydrogens (tertiary/aromatic N) is 1. The second-order valence-electron chi connectivity index (χ2n) is 4.14. The SMILES string of the molecule is COc1ccc(N=CC(=O)NC(=O)c2ccccc2)cc1. The maximum absolute atomic E-state index is 11.7. The maximum atomic E-state index is 11.7. The van der Waals surface area contributed by atoms with Crippen LogP contribution >= 0.6 is 0 Å². The number of aliphatic imine (C=N–C) groups is 1. The monoisotopic (exact) mass is 282 g/mol. The summed E-state index contributed by atoms with van der Waals surface area (Å²) in [7, 11) is 1.57. The van der Waals surface area contributed by atoms with Crippen LogP contribution in [-0.4, -0.2) is 25.1 Å². The van der Waals surface area contributed by atoms with Crippen LogP contribution < -0.4 is 10.1 Å². The summed E-state index contributed by atoms with van der Waals surface area (Å²) in [6.07, 6.45) is 1.07. The number of hydrogen-bond donors (Lipinski definition) is 1. The molecule has 0 aliphatic rings. The number of carbonyl (C=O) groups excluding carboxylic acids is 2. The number of rotatable bonds is 4. The fraction of sp³-hybridized carbons (Fsp3) is 0.0625. The number of benzene rings is 2. The highest BCUT2D eigenvalue weighted by atomic mass is 16.5. The number of hydrogen-bond acceptors (Lipinski definition) is 4.